The molecule has 6 rings (SSSR count). The van der Waals surface area contributed by atoms with Crippen LogP contribution in [0.2, 0.25) is 10.0 Å². The number of nitrogens with one attached hydrogen (secondary N) is 3. The fourth-order valence-electron chi connectivity index (χ4n) is 6.20. The molecule has 3 aromatic heterocycles. The largest absolute Gasteiger partial charge is 0.377 e. The number of ether oxygens (including phenoxy) is 5. The maximum Gasteiger partial charge on any atom is 0.251 e. The third-order valence-electron chi connectivity index (χ3n) is 9.23. The van der Waals surface area contributed by atoms with E-state index in [0.29, 0.717) is 108 Å². The zero-order valence-electron chi connectivity index (χ0n) is 32.2. The third kappa shape index (κ3) is 13.3. The number of aryl methyl sites for hydroxylation is 1. The number of fused-ring (bicyclic) bond motifs is 3. The molecule has 2 amide bonds. The Morgan fingerprint density at radius 1 is 0.724 bits per heavy atom. The van der Waals surface area contributed by atoms with E-state index >= 15 is 0 Å². The summed E-state index contributed by atoms with van der Waals surface area (Å²) in [7, 11) is 0. The summed E-state index contributed by atoms with van der Waals surface area (Å²) < 4.78 is 30.4. The topological polar surface area (TPSA) is 151 Å². The van der Waals surface area contributed by atoms with Crippen molar-refractivity contribution >= 4 is 56.8 Å². The molecule has 0 saturated carbocycles. The summed E-state index contributed by atoms with van der Waals surface area (Å²) in [5, 5.41) is 9.09. The summed E-state index contributed by atoms with van der Waals surface area (Å²) in [5.74, 6) is -0.194. The van der Waals surface area contributed by atoms with Crippen LogP contribution in [-0.2, 0) is 48.1 Å². The number of hydrogen-bond acceptors (Lipinski definition) is 9. The molecule has 0 fully saturated rings. The van der Waals surface area contributed by atoms with Gasteiger partial charge >= 0.3 is 0 Å². The smallest absolute Gasteiger partial charge is 0.251 e. The standard InChI is InChI=1S/C43H48Cl2N6O7/c44-34-7-9-36(38(45)26-34)41(28-51-16-13-47-30-51)58-29-32-1-5-33(6-2-32)43(53)49-15-18-55-20-22-57-24-23-56-21-19-54-17-14-48-42(52)10-4-31-3-8-35-37-27-46-12-11-39(37)50-40(35)25-31/h1-3,5-9,11-13,16,25-27,30,41,50H,4,10,14-15,17-24,28-29H2,(H,48,52)(H,49,53). The molecule has 0 saturated heterocycles. The van der Waals surface area contributed by atoms with Crippen LogP contribution in [0, 0.1) is 0 Å². The molecule has 1 atom stereocenters. The first-order valence-electron chi connectivity index (χ1n) is 19.2. The van der Waals surface area contributed by atoms with E-state index < -0.39 is 0 Å². The zero-order valence-corrected chi connectivity index (χ0v) is 33.7. The quantitative estimate of drug-likeness (QED) is 0.0535. The first-order valence-corrected chi connectivity index (χ1v) is 20.0. The van der Waals surface area contributed by atoms with Crippen LogP contribution >= 0.6 is 23.2 Å². The SMILES string of the molecule is O=C(CCc1ccc2c(c1)[nH]c1ccncc12)NCCOCCOCCOCCOCCNC(=O)c1ccc(COC(Cn2ccnc2)c2ccc(Cl)cc2Cl)cc1. The number of aromatic amines is 1. The first-order chi connectivity index (χ1) is 28.4. The highest BCUT2D eigenvalue weighted by Gasteiger charge is 2.17. The summed E-state index contributed by atoms with van der Waals surface area (Å²) in [5.41, 5.74) is 5.49. The van der Waals surface area contributed by atoms with E-state index in [1.54, 1.807) is 43.0 Å². The summed E-state index contributed by atoms with van der Waals surface area (Å²) in [6.07, 6.45) is 9.68. The van der Waals surface area contributed by atoms with Crippen LogP contribution < -0.4 is 10.6 Å². The highest BCUT2D eigenvalue weighted by atomic mass is 35.5. The van der Waals surface area contributed by atoms with Crippen molar-refractivity contribution < 1.29 is 33.3 Å². The monoisotopic (exact) mass is 830 g/mol. The van der Waals surface area contributed by atoms with Crippen LogP contribution in [-0.4, -0.2) is 97.3 Å². The second-order valence-corrected chi connectivity index (χ2v) is 14.2. The van der Waals surface area contributed by atoms with E-state index in [0.717, 1.165) is 38.5 Å². The fourth-order valence-corrected chi connectivity index (χ4v) is 6.73. The van der Waals surface area contributed by atoms with Gasteiger partial charge in [-0.1, -0.05) is 53.5 Å². The lowest BCUT2D eigenvalue weighted by atomic mass is 10.1. The summed E-state index contributed by atoms with van der Waals surface area (Å²) >= 11 is 12.6. The molecule has 0 bridgehead atoms. The minimum absolute atomic E-state index is 0.00826. The molecule has 13 nitrogen and oxygen atoms in total. The molecular weight excluding hydrogens is 783 g/mol. The van der Waals surface area contributed by atoms with Gasteiger partial charge < -0.3 is 43.9 Å². The molecule has 306 valence electrons. The number of halogens is 2. The Balaban J connectivity index is 0.730. The van der Waals surface area contributed by atoms with Crippen LogP contribution in [0.15, 0.2) is 97.8 Å². The van der Waals surface area contributed by atoms with Crippen molar-refractivity contribution in [1.82, 2.24) is 30.2 Å². The maximum absolute atomic E-state index is 12.6. The van der Waals surface area contributed by atoms with Crippen molar-refractivity contribution in [3.63, 3.8) is 0 Å². The average molecular weight is 832 g/mol. The Bertz CT molecular complexity index is 2180. The van der Waals surface area contributed by atoms with Crippen molar-refractivity contribution in [2.75, 3.05) is 65.9 Å². The van der Waals surface area contributed by atoms with E-state index in [-0.39, 0.29) is 17.9 Å². The predicted molar refractivity (Wildman–Crippen MR) is 223 cm³/mol. The summed E-state index contributed by atoms with van der Waals surface area (Å²) in [6.45, 7) is 4.99. The Kier molecular flexibility index (Phi) is 16.9. The second kappa shape index (κ2) is 22.9. The van der Waals surface area contributed by atoms with E-state index in [2.05, 4.69) is 43.8 Å². The Morgan fingerprint density at radius 3 is 2.14 bits per heavy atom. The number of H-pyrrole nitrogens is 1. The van der Waals surface area contributed by atoms with Gasteiger partial charge in [0.25, 0.3) is 5.91 Å². The number of carbonyl (C=O) groups excluding carboxylic acids is 2. The molecule has 58 heavy (non-hydrogen) atoms. The van der Waals surface area contributed by atoms with Crippen LogP contribution in [0.4, 0.5) is 0 Å². The highest BCUT2D eigenvalue weighted by Crippen LogP contribution is 2.31. The molecule has 0 spiro atoms. The lowest BCUT2D eigenvalue weighted by molar-refractivity contribution is -0.121. The molecular formula is C43H48Cl2N6O7. The second-order valence-electron chi connectivity index (χ2n) is 13.4. The first kappa shape index (κ1) is 42.7. The van der Waals surface area contributed by atoms with Gasteiger partial charge in [0.05, 0.1) is 72.3 Å². The maximum atomic E-state index is 12.6. The normalized spacial score (nSPS) is 12.0. The molecule has 3 aromatic carbocycles. The van der Waals surface area contributed by atoms with Crippen molar-refractivity contribution in [3.05, 3.63) is 130 Å². The Labute approximate surface area is 347 Å². The van der Waals surface area contributed by atoms with Gasteiger partial charge in [-0.05, 0) is 53.9 Å². The zero-order chi connectivity index (χ0) is 40.4. The average Bonchev–Trinajstić information content (AvgIpc) is 3.89. The van der Waals surface area contributed by atoms with Gasteiger partial charge in [0.2, 0.25) is 5.91 Å². The van der Waals surface area contributed by atoms with Gasteiger partial charge in [0, 0.05) is 87.3 Å². The molecule has 0 radical (unpaired) electrons. The minimum Gasteiger partial charge on any atom is -0.377 e. The number of carbonyl (C=O) groups is 2. The van der Waals surface area contributed by atoms with Crippen molar-refractivity contribution in [3.8, 4) is 0 Å². The number of aromatic nitrogens is 4. The number of imidazole rings is 1. The Hall–Kier alpha value is -4.86. The highest BCUT2D eigenvalue weighted by molar-refractivity contribution is 6.35. The minimum atomic E-state index is -0.333. The van der Waals surface area contributed by atoms with E-state index in [1.807, 2.05) is 41.2 Å². The van der Waals surface area contributed by atoms with Gasteiger partial charge in [0.1, 0.15) is 6.10 Å². The lowest BCUT2D eigenvalue weighted by Crippen LogP contribution is -2.28. The predicted octanol–water partition coefficient (Wildman–Crippen LogP) is 6.72. The van der Waals surface area contributed by atoms with Gasteiger partial charge in [-0.15, -0.1) is 0 Å². The molecule has 0 aliphatic heterocycles. The number of hydrogen-bond donors (Lipinski definition) is 3. The number of rotatable bonds is 25. The Morgan fingerprint density at radius 2 is 1.43 bits per heavy atom. The van der Waals surface area contributed by atoms with Crippen molar-refractivity contribution in [1.29, 1.82) is 0 Å². The number of nitrogens with zero attached hydrogens (tertiary/aromatic N) is 3. The fraction of sp³-hybridized carbons (Fsp3) is 0.349. The van der Waals surface area contributed by atoms with Crippen molar-refractivity contribution in [2.45, 2.75) is 32.1 Å². The molecule has 3 heterocycles. The van der Waals surface area contributed by atoms with Crippen molar-refractivity contribution in [2.24, 2.45) is 0 Å². The number of benzene rings is 3. The van der Waals surface area contributed by atoms with Gasteiger partial charge in [0.15, 0.2) is 0 Å². The molecule has 3 N–H and O–H groups in total. The van der Waals surface area contributed by atoms with Gasteiger partial charge in [-0.25, -0.2) is 4.98 Å². The molecule has 15 heteroatoms. The van der Waals surface area contributed by atoms with Crippen LogP contribution in [0.25, 0.3) is 21.8 Å². The van der Waals surface area contributed by atoms with Crippen LogP contribution in [0.1, 0.15) is 39.6 Å². The van der Waals surface area contributed by atoms with Crippen LogP contribution in [0.3, 0.4) is 0 Å². The molecule has 6 aromatic rings. The van der Waals surface area contributed by atoms with E-state index in [9.17, 15) is 9.59 Å². The molecule has 0 aliphatic rings. The summed E-state index contributed by atoms with van der Waals surface area (Å²) in [4.78, 5) is 36.7. The van der Waals surface area contributed by atoms with Crippen LogP contribution in [0.5, 0.6) is 0 Å². The lowest BCUT2D eigenvalue weighted by Gasteiger charge is -2.20. The van der Waals surface area contributed by atoms with Gasteiger partial charge in [-0.3, -0.25) is 14.6 Å². The van der Waals surface area contributed by atoms with E-state index in [1.165, 1.54) is 0 Å². The number of pyridine rings is 1. The van der Waals surface area contributed by atoms with Gasteiger partial charge in [-0.2, -0.15) is 0 Å². The molecule has 0 aliphatic carbocycles. The third-order valence-corrected chi connectivity index (χ3v) is 9.80. The number of amides is 2. The summed E-state index contributed by atoms with van der Waals surface area (Å²) in [6, 6.07) is 20.8. The molecule has 1 unspecified atom stereocenters. The van der Waals surface area contributed by atoms with E-state index in [4.69, 9.17) is 46.9 Å².